The Bertz CT molecular complexity index is 935. The molecule has 1 aliphatic rings. The van der Waals surface area contributed by atoms with Gasteiger partial charge in [0.05, 0.1) is 19.9 Å². The summed E-state index contributed by atoms with van der Waals surface area (Å²) in [7, 11) is 6.93. The van der Waals surface area contributed by atoms with Crippen LogP contribution in [0.4, 0.5) is 5.69 Å². The molecule has 0 N–H and O–H groups in total. The number of fused-ring (bicyclic) bond motifs is 1. The van der Waals surface area contributed by atoms with Crippen LogP contribution in [0.1, 0.15) is 10.8 Å². The van der Waals surface area contributed by atoms with E-state index in [0.29, 0.717) is 40.9 Å². The molecule has 1 heterocycles. The maximum Gasteiger partial charge on any atom is 0.296 e. The third kappa shape index (κ3) is 4.52. The minimum atomic E-state index is -0.688. The molecule has 0 radical (unpaired) electrons. The highest BCUT2D eigenvalue weighted by molar-refractivity contribution is 8.00. The summed E-state index contributed by atoms with van der Waals surface area (Å²) in [4.78, 5) is 30.6. The number of hydrogen-bond donors (Lipinski definition) is 0. The molecule has 0 saturated heterocycles. The molecule has 0 fully saturated rings. The first kappa shape index (κ1) is 21.5. The first-order valence-corrected chi connectivity index (χ1v) is 10.3. The average molecular weight is 435 g/mol. The van der Waals surface area contributed by atoms with Crippen LogP contribution in [0, 0.1) is 0 Å². The van der Waals surface area contributed by atoms with Gasteiger partial charge in [0.15, 0.2) is 11.5 Å². The van der Waals surface area contributed by atoms with E-state index in [9.17, 15) is 9.59 Å². The number of thioether (sulfide) groups is 1. The van der Waals surface area contributed by atoms with Crippen molar-refractivity contribution in [3.05, 3.63) is 47.0 Å². The summed E-state index contributed by atoms with van der Waals surface area (Å²) < 4.78 is 10.6. The molecule has 2 aromatic carbocycles. The standard InChI is InChI=1S/C21H23ClN2O4S/c1-23(2)9-10-24-15-12-14(22)6-8-18(15)29-20(19(25)21(24)26)13-5-7-16(27-3)17(11-13)28-4/h5-8,11-12,20H,9-10H2,1-4H3. The fraction of sp³-hybridized carbons (Fsp3) is 0.333. The molecule has 8 heteroatoms. The van der Waals surface area contributed by atoms with Gasteiger partial charge in [-0.25, -0.2) is 0 Å². The van der Waals surface area contributed by atoms with Crippen molar-refractivity contribution in [3.63, 3.8) is 0 Å². The van der Waals surface area contributed by atoms with Crippen molar-refractivity contribution in [1.82, 2.24) is 4.90 Å². The summed E-state index contributed by atoms with van der Waals surface area (Å²) in [5.41, 5.74) is 1.34. The molecule has 1 aliphatic heterocycles. The number of carbonyl (C=O) groups excluding carboxylic acids is 2. The summed E-state index contributed by atoms with van der Waals surface area (Å²) >= 11 is 7.54. The van der Waals surface area contributed by atoms with Crippen molar-refractivity contribution in [1.29, 1.82) is 0 Å². The first-order chi connectivity index (χ1) is 13.8. The van der Waals surface area contributed by atoms with E-state index >= 15 is 0 Å². The lowest BCUT2D eigenvalue weighted by atomic mass is 10.1. The van der Waals surface area contributed by atoms with Crippen molar-refractivity contribution in [3.8, 4) is 11.5 Å². The third-order valence-corrected chi connectivity index (χ3v) is 6.19. The molecule has 3 rings (SSSR count). The number of benzene rings is 2. The first-order valence-electron chi connectivity index (χ1n) is 9.04. The van der Waals surface area contributed by atoms with E-state index < -0.39 is 16.9 Å². The Morgan fingerprint density at radius 3 is 2.45 bits per heavy atom. The van der Waals surface area contributed by atoms with Gasteiger partial charge in [-0.15, -0.1) is 11.8 Å². The number of ether oxygens (including phenoxy) is 2. The molecular formula is C21H23ClN2O4S. The van der Waals surface area contributed by atoms with Crippen molar-refractivity contribution in [2.24, 2.45) is 0 Å². The second-order valence-electron chi connectivity index (χ2n) is 6.85. The van der Waals surface area contributed by atoms with E-state index in [0.717, 1.165) is 4.90 Å². The highest BCUT2D eigenvalue weighted by Crippen LogP contribution is 2.46. The monoisotopic (exact) mass is 434 g/mol. The molecule has 0 aliphatic carbocycles. The summed E-state index contributed by atoms with van der Waals surface area (Å²) in [6, 6.07) is 10.6. The van der Waals surface area contributed by atoms with Gasteiger partial charge in [-0.05, 0) is 50.0 Å². The fourth-order valence-corrected chi connectivity index (χ4v) is 4.44. The summed E-state index contributed by atoms with van der Waals surface area (Å²) in [5, 5.41) is -0.171. The van der Waals surface area contributed by atoms with Gasteiger partial charge in [0.25, 0.3) is 5.91 Å². The zero-order valence-electron chi connectivity index (χ0n) is 16.8. The molecule has 154 valence electrons. The number of ketones is 1. The molecule has 0 bridgehead atoms. The molecule has 0 saturated carbocycles. The minimum Gasteiger partial charge on any atom is -0.493 e. The lowest BCUT2D eigenvalue weighted by molar-refractivity contribution is -0.136. The summed E-state index contributed by atoms with van der Waals surface area (Å²) in [6.45, 7) is 1.01. The van der Waals surface area contributed by atoms with Crippen LogP contribution in [0.3, 0.4) is 0 Å². The van der Waals surface area contributed by atoms with Crippen molar-refractivity contribution >= 4 is 40.7 Å². The molecule has 1 amide bonds. The Morgan fingerprint density at radius 2 is 1.79 bits per heavy atom. The van der Waals surface area contributed by atoms with Crippen LogP contribution in [-0.2, 0) is 9.59 Å². The summed E-state index contributed by atoms with van der Waals surface area (Å²) in [6.07, 6.45) is 0. The third-order valence-electron chi connectivity index (χ3n) is 4.63. The van der Waals surface area contributed by atoms with Gasteiger partial charge in [0, 0.05) is 23.0 Å². The largest absolute Gasteiger partial charge is 0.493 e. The predicted molar refractivity (Wildman–Crippen MR) is 116 cm³/mol. The SMILES string of the molecule is COc1ccc(C2Sc3ccc(Cl)cc3N(CCN(C)C)C(=O)C2=O)cc1OC. The maximum absolute atomic E-state index is 13.2. The zero-order valence-corrected chi connectivity index (χ0v) is 18.3. The highest BCUT2D eigenvalue weighted by Gasteiger charge is 2.37. The van der Waals surface area contributed by atoms with Crippen LogP contribution in [0.2, 0.25) is 5.02 Å². The van der Waals surface area contributed by atoms with Gasteiger partial charge in [0.2, 0.25) is 5.78 Å². The second kappa shape index (κ2) is 9.07. The Hall–Kier alpha value is -2.22. The van der Waals surface area contributed by atoms with Crippen LogP contribution in [-0.4, -0.2) is 58.0 Å². The number of halogens is 1. The van der Waals surface area contributed by atoms with Crippen molar-refractivity contribution < 1.29 is 19.1 Å². The van der Waals surface area contributed by atoms with E-state index in [-0.39, 0.29) is 0 Å². The fourth-order valence-electron chi connectivity index (χ4n) is 3.09. The van der Waals surface area contributed by atoms with Crippen LogP contribution < -0.4 is 14.4 Å². The number of amides is 1. The van der Waals surface area contributed by atoms with E-state index in [1.165, 1.54) is 23.8 Å². The van der Waals surface area contributed by atoms with Gasteiger partial charge in [0.1, 0.15) is 5.25 Å². The Morgan fingerprint density at radius 1 is 1.07 bits per heavy atom. The molecule has 29 heavy (non-hydrogen) atoms. The number of rotatable bonds is 6. The molecule has 0 spiro atoms. The van der Waals surface area contributed by atoms with Crippen molar-refractivity contribution in [2.45, 2.75) is 10.1 Å². The van der Waals surface area contributed by atoms with Crippen LogP contribution in [0.15, 0.2) is 41.3 Å². The number of hydrogen-bond acceptors (Lipinski definition) is 6. The van der Waals surface area contributed by atoms with Crippen molar-refractivity contribution in [2.75, 3.05) is 46.3 Å². The molecule has 0 aromatic heterocycles. The smallest absolute Gasteiger partial charge is 0.296 e. The topological polar surface area (TPSA) is 59.1 Å². The number of anilines is 1. The second-order valence-corrected chi connectivity index (χ2v) is 8.43. The Balaban J connectivity index is 2.06. The van der Waals surface area contributed by atoms with E-state index in [2.05, 4.69) is 0 Å². The minimum absolute atomic E-state index is 0.393. The Kier molecular flexibility index (Phi) is 6.72. The quantitative estimate of drug-likeness (QED) is 0.646. The maximum atomic E-state index is 13.2. The molecular weight excluding hydrogens is 412 g/mol. The number of methoxy groups -OCH3 is 2. The number of likely N-dealkylation sites (N-methyl/N-ethyl adjacent to an activating group) is 1. The summed E-state index contributed by atoms with van der Waals surface area (Å²) in [5.74, 6) is 0.0535. The molecule has 1 unspecified atom stereocenters. The molecule has 2 aromatic rings. The highest BCUT2D eigenvalue weighted by atomic mass is 35.5. The predicted octanol–water partition coefficient (Wildman–Crippen LogP) is 3.67. The average Bonchev–Trinajstić information content (AvgIpc) is 2.81. The van der Waals surface area contributed by atoms with E-state index in [1.807, 2.05) is 25.1 Å². The van der Waals surface area contributed by atoms with Crippen LogP contribution >= 0.6 is 23.4 Å². The number of carbonyl (C=O) groups is 2. The van der Waals surface area contributed by atoms with Gasteiger partial charge < -0.3 is 19.3 Å². The zero-order chi connectivity index (χ0) is 21.1. The van der Waals surface area contributed by atoms with Gasteiger partial charge in [-0.1, -0.05) is 17.7 Å². The number of Topliss-reactive ketones (excluding diaryl/α,β-unsaturated/α-hetero) is 1. The lowest BCUT2D eigenvalue weighted by Crippen LogP contribution is -2.41. The number of nitrogens with zero attached hydrogens (tertiary/aromatic N) is 2. The normalized spacial score (nSPS) is 16.6. The van der Waals surface area contributed by atoms with E-state index in [4.69, 9.17) is 21.1 Å². The van der Waals surface area contributed by atoms with E-state index in [1.54, 1.807) is 37.4 Å². The molecule has 6 nitrogen and oxygen atoms in total. The van der Waals surface area contributed by atoms with Gasteiger partial charge >= 0.3 is 0 Å². The van der Waals surface area contributed by atoms with Crippen LogP contribution in [0.25, 0.3) is 0 Å². The van der Waals surface area contributed by atoms with Gasteiger partial charge in [-0.2, -0.15) is 0 Å². The van der Waals surface area contributed by atoms with Crippen LogP contribution in [0.5, 0.6) is 11.5 Å². The lowest BCUT2D eigenvalue weighted by Gasteiger charge is -2.23. The molecule has 1 atom stereocenters. The Labute approximate surface area is 179 Å². The van der Waals surface area contributed by atoms with Gasteiger partial charge in [-0.3, -0.25) is 9.59 Å².